The predicted molar refractivity (Wildman–Crippen MR) is 93.1 cm³/mol. The van der Waals surface area contributed by atoms with Crippen molar-refractivity contribution in [1.82, 2.24) is 5.32 Å². The van der Waals surface area contributed by atoms with Gasteiger partial charge in [0.2, 0.25) is 0 Å². The van der Waals surface area contributed by atoms with Crippen LogP contribution in [-0.4, -0.2) is 5.91 Å². The topological polar surface area (TPSA) is 52.9 Å². The summed E-state index contributed by atoms with van der Waals surface area (Å²) in [4.78, 5) is 12.3. The second kappa shape index (κ2) is 7.82. The number of nitriles is 1. The minimum Gasteiger partial charge on any atom is -0.345 e. The lowest BCUT2D eigenvalue weighted by atomic mass is 10.1. The first-order chi connectivity index (χ1) is 11.0. The van der Waals surface area contributed by atoms with E-state index >= 15 is 0 Å². The number of amides is 1. The van der Waals surface area contributed by atoms with Gasteiger partial charge in [-0.25, -0.2) is 0 Å². The second-order valence-corrected chi connectivity index (χ2v) is 5.79. The largest absolute Gasteiger partial charge is 0.345 e. The van der Waals surface area contributed by atoms with Crippen molar-refractivity contribution in [3.8, 4) is 6.07 Å². The zero-order chi connectivity index (χ0) is 16.8. The molecule has 0 spiro atoms. The highest BCUT2D eigenvalue weighted by Gasteiger charge is 2.14. The molecule has 0 aliphatic rings. The van der Waals surface area contributed by atoms with Crippen LogP contribution in [0.15, 0.2) is 54.1 Å². The van der Waals surface area contributed by atoms with Crippen molar-refractivity contribution in [2.24, 2.45) is 0 Å². The number of nitrogens with one attached hydrogen (secondary N) is 1. The van der Waals surface area contributed by atoms with Gasteiger partial charge >= 0.3 is 0 Å². The molecule has 0 bridgehead atoms. The van der Waals surface area contributed by atoms with E-state index in [1.165, 1.54) is 6.08 Å². The van der Waals surface area contributed by atoms with Crippen LogP contribution in [0.1, 0.15) is 24.1 Å². The van der Waals surface area contributed by atoms with E-state index in [9.17, 15) is 10.1 Å². The number of hydrogen-bond acceptors (Lipinski definition) is 2. The minimum absolute atomic E-state index is 0.0167. The van der Waals surface area contributed by atoms with Crippen LogP contribution in [0.2, 0.25) is 10.0 Å². The first kappa shape index (κ1) is 17.1. The van der Waals surface area contributed by atoms with Gasteiger partial charge in [-0.15, -0.1) is 0 Å². The maximum absolute atomic E-state index is 12.3. The summed E-state index contributed by atoms with van der Waals surface area (Å²) in [6.07, 6.45) is 1.45. The van der Waals surface area contributed by atoms with Crippen LogP contribution in [0.3, 0.4) is 0 Å². The summed E-state index contributed by atoms with van der Waals surface area (Å²) in [5.41, 5.74) is 1.51. The van der Waals surface area contributed by atoms with E-state index in [0.717, 1.165) is 5.56 Å². The van der Waals surface area contributed by atoms with Gasteiger partial charge in [-0.2, -0.15) is 5.26 Å². The minimum atomic E-state index is -0.449. The summed E-state index contributed by atoms with van der Waals surface area (Å²) in [7, 11) is 0. The van der Waals surface area contributed by atoms with Gasteiger partial charge in [0, 0.05) is 10.0 Å². The van der Waals surface area contributed by atoms with Gasteiger partial charge in [-0.1, -0.05) is 59.6 Å². The molecular formula is C18H14Cl2N2O. The van der Waals surface area contributed by atoms with Gasteiger partial charge in [0.15, 0.2) is 0 Å². The molecule has 2 aromatic rings. The van der Waals surface area contributed by atoms with E-state index in [2.05, 4.69) is 5.32 Å². The number of benzene rings is 2. The Hall–Kier alpha value is -2.28. The van der Waals surface area contributed by atoms with Crippen LogP contribution in [0, 0.1) is 11.3 Å². The number of halogens is 2. The van der Waals surface area contributed by atoms with Gasteiger partial charge < -0.3 is 5.32 Å². The maximum Gasteiger partial charge on any atom is 0.262 e. The fraction of sp³-hybridized carbons (Fsp3) is 0.111. The molecule has 0 saturated heterocycles. The number of carbonyl (C=O) groups excluding carboxylic acids is 1. The normalized spacial score (nSPS) is 12.3. The molecule has 0 aromatic heterocycles. The van der Waals surface area contributed by atoms with Gasteiger partial charge in [0.25, 0.3) is 5.91 Å². The Bertz CT molecular complexity index is 779. The number of carbonyl (C=O) groups is 1. The third kappa shape index (κ3) is 4.59. The monoisotopic (exact) mass is 344 g/mol. The first-order valence-corrected chi connectivity index (χ1v) is 7.69. The van der Waals surface area contributed by atoms with E-state index in [-0.39, 0.29) is 11.6 Å². The maximum atomic E-state index is 12.3. The molecule has 2 aromatic carbocycles. The van der Waals surface area contributed by atoms with E-state index in [4.69, 9.17) is 23.2 Å². The average Bonchev–Trinajstić information content (AvgIpc) is 2.54. The fourth-order valence-electron chi connectivity index (χ4n) is 2.02. The lowest BCUT2D eigenvalue weighted by molar-refractivity contribution is -0.117. The van der Waals surface area contributed by atoms with Crippen molar-refractivity contribution in [3.63, 3.8) is 0 Å². The number of nitrogens with zero attached hydrogens (tertiary/aromatic N) is 1. The molecule has 0 aliphatic heterocycles. The lowest BCUT2D eigenvalue weighted by Crippen LogP contribution is -2.27. The molecule has 116 valence electrons. The molecule has 23 heavy (non-hydrogen) atoms. The third-order valence-electron chi connectivity index (χ3n) is 3.27. The summed E-state index contributed by atoms with van der Waals surface area (Å²) >= 11 is 11.9. The Labute approximate surface area is 145 Å². The van der Waals surface area contributed by atoms with Gasteiger partial charge in [-0.3, -0.25) is 4.79 Å². The van der Waals surface area contributed by atoms with Crippen molar-refractivity contribution >= 4 is 35.2 Å². The summed E-state index contributed by atoms with van der Waals surface area (Å²) in [6.45, 7) is 1.86. The molecule has 1 amide bonds. The molecule has 2 rings (SSSR count). The predicted octanol–water partition coefficient (Wildman–Crippen LogP) is 4.78. The molecule has 0 saturated carbocycles. The van der Waals surface area contributed by atoms with Crippen LogP contribution < -0.4 is 5.32 Å². The van der Waals surface area contributed by atoms with Gasteiger partial charge in [0.05, 0.1) is 6.04 Å². The Morgan fingerprint density at radius 1 is 1.22 bits per heavy atom. The van der Waals surface area contributed by atoms with E-state index in [1.54, 1.807) is 18.2 Å². The lowest BCUT2D eigenvalue weighted by Gasteiger charge is -2.13. The summed E-state index contributed by atoms with van der Waals surface area (Å²) < 4.78 is 0. The average molecular weight is 345 g/mol. The Morgan fingerprint density at radius 3 is 2.52 bits per heavy atom. The molecular weight excluding hydrogens is 331 g/mol. The molecule has 0 heterocycles. The van der Waals surface area contributed by atoms with Crippen molar-refractivity contribution in [2.45, 2.75) is 13.0 Å². The van der Waals surface area contributed by atoms with Crippen molar-refractivity contribution in [2.75, 3.05) is 0 Å². The standard InChI is InChI=1S/C18H14Cl2N2O/c1-12(13-5-3-2-4-6-13)22-18(23)15(11-21)9-14-7-8-16(19)10-17(14)20/h2-10,12H,1H3,(H,22,23). The number of rotatable bonds is 4. The second-order valence-electron chi connectivity index (χ2n) is 4.94. The fourth-order valence-corrected chi connectivity index (χ4v) is 2.49. The molecule has 0 fully saturated rings. The zero-order valence-corrected chi connectivity index (χ0v) is 13.9. The summed E-state index contributed by atoms with van der Waals surface area (Å²) in [5, 5.41) is 12.9. The molecule has 0 aliphatic carbocycles. The quantitative estimate of drug-likeness (QED) is 0.641. The van der Waals surface area contributed by atoms with Crippen LogP contribution >= 0.6 is 23.2 Å². The molecule has 3 nitrogen and oxygen atoms in total. The van der Waals surface area contributed by atoms with Crippen molar-refractivity contribution < 1.29 is 4.79 Å². The SMILES string of the molecule is CC(NC(=O)C(C#N)=Cc1ccc(Cl)cc1Cl)c1ccccc1. The molecule has 1 unspecified atom stereocenters. The zero-order valence-electron chi connectivity index (χ0n) is 12.4. The van der Waals surface area contributed by atoms with Gasteiger partial charge in [-0.05, 0) is 36.3 Å². The molecule has 5 heteroatoms. The van der Waals surface area contributed by atoms with E-state index in [1.807, 2.05) is 43.3 Å². The smallest absolute Gasteiger partial charge is 0.262 e. The number of hydrogen-bond donors (Lipinski definition) is 1. The van der Waals surface area contributed by atoms with Crippen molar-refractivity contribution in [3.05, 3.63) is 75.3 Å². The van der Waals surface area contributed by atoms with Crippen LogP contribution in [0.4, 0.5) is 0 Å². The van der Waals surface area contributed by atoms with Gasteiger partial charge in [0.1, 0.15) is 11.6 Å². The Balaban J connectivity index is 2.19. The molecule has 0 radical (unpaired) electrons. The van der Waals surface area contributed by atoms with E-state index < -0.39 is 5.91 Å². The highest BCUT2D eigenvalue weighted by molar-refractivity contribution is 6.35. The summed E-state index contributed by atoms with van der Waals surface area (Å²) in [6, 6.07) is 16.1. The highest BCUT2D eigenvalue weighted by Crippen LogP contribution is 2.23. The highest BCUT2D eigenvalue weighted by atomic mass is 35.5. The Morgan fingerprint density at radius 2 is 1.91 bits per heavy atom. The molecule has 1 N–H and O–H groups in total. The van der Waals surface area contributed by atoms with E-state index in [0.29, 0.717) is 15.6 Å². The van der Waals surface area contributed by atoms with Crippen LogP contribution in [0.25, 0.3) is 6.08 Å². The van der Waals surface area contributed by atoms with Crippen LogP contribution in [0.5, 0.6) is 0 Å². The summed E-state index contributed by atoms with van der Waals surface area (Å²) in [5.74, 6) is -0.449. The third-order valence-corrected chi connectivity index (χ3v) is 3.84. The first-order valence-electron chi connectivity index (χ1n) is 6.94. The van der Waals surface area contributed by atoms with Crippen LogP contribution in [-0.2, 0) is 4.79 Å². The molecule has 1 atom stereocenters. The Kier molecular flexibility index (Phi) is 5.81. The van der Waals surface area contributed by atoms with Crippen molar-refractivity contribution in [1.29, 1.82) is 5.26 Å².